The molecule has 0 spiro atoms. The van der Waals surface area contributed by atoms with Crippen LogP contribution in [0, 0.1) is 0 Å². The zero-order chi connectivity index (χ0) is 17.6. The highest BCUT2D eigenvalue weighted by molar-refractivity contribution is 7.90. The molecule has 0 aliphatic heterocycles. The molecule has 7 heteroatoms. The first-order valence-corrected chi connectivity index (χ1v) is 9.20. The molecule has 4 N–H and O–H groups in total. The maximum absolute atomic E-state index is 12.1. The van der Waals surface area contributed by atoms with Crippen LogP contribution in [-0.2, 0) is 22.7 Å². The minimum absolute atomic E-state index is 0.147. The van der Waals surface area contributed by atoms with Gasteiger partial charge >= 0.3 is 0 Å². The molecule has 0 heterocycles. The van der Waals surface area contributed by atoms with Gasteiger partial charge in [0, 0.05) is 11.8 Å². The second kappa shape index (κ2) is 7.92. The van der Waals surface area contributed by atoms with Gasteiger partial charge in [-0.05, 0) is 43.4 Å². The van der Waals surface area contributed by atoms with Crippen molar-refractivity contribution in [3.05, 3.63) is 41.0 Å². The Morgan fingerprint density at radius 2 is 1.91 bits per heavy atom. The Labute approximate surface area is 137 Å². The summed E-state index contributed by atoms with van der Waals surface area (Å²) in [4.78, 5) is 15.8. The van der Waals surface area contributed by atoms with Crippen molar-refractivity contribution in [1.29, 1.82) is 0 Å². The predicted molar refractivity (Wildman–Crippen MR) is 92.2 cm³/mol. The maximum Gasteiger partial charge on any atom is 0.280 e. The van der Waals surface area contributed by atoms with E-state index < -0.39 is 15.7 Å². The first-order valence-electron chi connectivity index (χ1n) is 7.31. The summed E-state index contributed by atoms with van der Waals surface area (Å²) < 4.78 is 24.1. The normalized spacial score (nSPS) is 11.6. The molecule has 0 unspecified atom stereocenters. The summed E-state index contributed by atoms with van der Waals surface area (Å²) in [5.41, 5.74) is 12.1. The molecule has 0 aliphatic carbocycles. The fraction of sp³-hybridized carbons (Fsp3) is 0.375. The highest BCUT2D eigenvalue weighted by Gasteiger charge is 2.19. The lowest BCUT2D eigenvalue weighted by molar-refractivity contribution is 0.100. The van der Waals surface area contributed by atoms with Crippen molar-refractivity contribution < 1.29 is 13.2 Å². The van der Waals surface area contributed by atoms with Crippen LogP contribution in [0.25, 0.3) is 0 Å². The molecule has 0 saturated carbocycles. The quantitative estimate of drug-likeness (QED) is 0.464. The van der Waals surface area contributed by atoms with Crippen LogP contribution < -0.4 is 11.5 Å². The molecule has 1 aromatic rings. The summed E-state index contributed by atoms with van der Waals surface area (Å²) in [6.07, 6.45) is 6.89. The van der Waals surface area contributed by atoms with Gasteiger partial charge in [0.2, 0.25) is 0 Å². The molecule has 0 fully saturated rings. The van der Waals surface area contributed by atoms with Crippen molar-refractivity contribution >= 4 is 21.7 Å². The standard InChI is InChI=1S/C16H23N3O3S/c1-4-6-7-8-12-9-11(5-2)13(15(20)19-16(17)18)10-14(12)23(3,21)22/h4,6,9-10H,5,7-8H2,1-3H3,(H4,17,18,19,20)/b6-4+. The second-order valence-corrected chi connectivity index (χ2v) is 7.18. The molecular weight excluding hydrogens is 314 g/mol. The van der Waals surface area contributed by atoms with Crippen molar-refractivity contribution in [2.24, 2.45) is 16.5 Å². The van der Waals surface area contributed by atoms with E-state index in [-0.39, 0.29) is 16.4 Å². The van der Waals surface area contributed by atoms with Gasteiger partial charge in [0.1, 0.15) is 0 Å². The SMILES string of the molecule is C/C=C/CCc1cc(CC)c(C(=O)N=C(N)N)cc1S(C)(=O)=O. The van der Waals surface area contributed by atoms with E-state index in [1.54, 1.807) is 6.07 Å². The van der Waals surface area contributed by atoms with Gasteiger partial charge in [-0.2, -0.15) is 4.99 Å². The molecule has 0 aromatic heterocycles. The molecule has 0 bridgehead atoms. The van der Waals surface area contributed by atoms with Crippen LogP contribution in [0.15, 0.2) is 34.2 Å². The molecule has 1 amide bonds. The summed E-state index contributed by atoms with van der Waals surface area (Å²) >= 11 is 0. The number of rotatable bonds is 6. The molecule has 0 aliphatic rings. The van der Waals surface area contributed by atoms with Crippen molar-refractivity contribution in [3.8, 4) is 0 Å². The number of carbonyl (C=O) groups is 1. The van der Waals surface area contributed by atoms with Gasteiger partial charge in [-0.15, -0.1) is 0 Å². The first kappa shape index (κ1) is 18.9. The van der Waals surface area contributed by atoms with Crippen LogP contribution in [0.1, 0.15) is 41.8 Å². The largest absolute Gasteiger partial charge is 0.370 e. The third-order valence-corrected chi connectivity index (χ3v) is 4.52. The molecule has 126 valence electrons. The number of aliphatic imine (C=N–C) groups is 1. The first-order chi connectivity index (χ1) is 10.7. The highest BCUT2D eigenvalue weighted by atomic mass is 32.2. The van der Waals surface area contributed by atoms with Crippen LogP contribution in [0.5, 0.6) is 0 Å². The number of allylic oxidation sites excluding steroid dienone is 2. The van der Waals surface area contributed by atoms with Gasteiger partial charge in [0.25, 0.3) is 5.91 Å². The number of nitrogens with two attached hydrogens (primary N) is 2. The lowest BCUT2D eigenvalue weighted by atomic mass is 9.99. The number of amides is 1. The topological polar surface area (TPSA) is 116 Å². The molecule has 0 radical (unpaired) electrons. The fourth-order valence-corrected chi connectivity index (χ4v) is 3.26. The molecule has 1 rings (SSSR count). The Balaban J connectivity index is 3.51. The molecule has 0 saturated heterocycles. The Morgan fingerprint density at radius 3 is 2.39 bits per heavy atom. The average molecular weight is 337 g/mol. The summed E-state index contributed by atoms with van der Waals surface area (Å²) in [5, 5.41) is 0. The molecule has 0 atom stereocenters. The molecule has 1 aromatic carbocycles. The Kier molecular flexibility index (Phi) is 6.50. The minimum atomic E-state index is -3.47. The third kappa shape index (κ3) is 5.21. The van der Waals surface area contributed by atoms with E-state index in [0.717, 1.165) is 18.2 Å². The van der Waals surface area contributed by atoms with Crippen molar-refractivity contribution in [2.75, 3.05) is 6.26 Å². The number of hydrogen-bond donors (Lipinski definition) is 2. The minimum Gasteiger partial charge on any atom is -0.370 e. The number of aryl methyl sites for hydroxylation is 2. The van der Waals surface area contributed by atoms with E-state index in [0.29, 0.717) is 18.4 Å². The number of carbonyl (C=O) groups excluding carboxylic acids is 1. The van der Waals surface area contributed by atoms with E-state index in [4.69, 9.17) is 11.5 Å². The third-order valence-electron chi connectivity index (χ3n) is 3.34. The monoisotopic (exact) mass is 337 g/mol. The smallest absolute Gasteiger partial charge is 0.280 e. The van der Waals surface area contributed by atoms with Gasteiger partial charge in [0.05, 0.1) is 4.90 Å². The Morgan fingerprint density at radius 1 is 1.26 bits per heavy atom. The van der Waals surface area contributed by atoms with Crippen molar-refractivity contribution in [2.45, 2.75) is 38.0 Å². The molecule has 23 heavy (non-hydrogen) atoms. The van der Waals surface area contributed by atoms with Crippen LogP contribution in [0.4, 0.5) is 0 Å². The van der Waals surface area contributed by atoms with Crippen LogP contribution in [0.2, 0.25) is 0 Å². The number of guanidine groups is 1. The van der Waals surface area contributed by atoms with Crippen molar-refractivity contribution in [1.82, 2.24) is 0 Å². The van der Waals surface area contributed by atoms with E-state index in [2.05, 4.69) is 4.99 Å². The summed E-state index contributed by atoms with van der Waals surface area (Å²) in [6.45, 7) is 3.80. The summed E-state index contributed by atoms with van der Waals surface area (Å²) in [6, 6.07) is 3.14. The molecule has 6 nitrogen and oxygen atoms in total. The second-order valence-electron chi connectivity index (χ2n) is 5.19. The number of nitrogens with zero attached hydrogens (tertiary/aromatic N) is 1. The summed E-state index contributed by atoms with van der Waals surface area (Å²) in [7, 11) is -3.47. The lowest BCUT2D eigenvalue weighted by Crippen LogP contribution is -2.24. The van der Waals surface area contributed by atoms with E-state index in [9.17, 15) is 13.2 Å². The maximum atomic E-state index is 12.1. The van der Waals surface area contributed by atoms with Gasteiger partial charge in [-0.1, -0.05) is 25.1 Å². The van der Waals surface area contributed by atoms with Gasteiger partial charge in [-0.3, -0.25) is 4.79 Å². The lowest BCUT2D eigenvalue weighted by Gasteiger charge is -2.13. The number of sulfone groups is 1. The average Bonchev–Trinajstić information content (AvgIpc) is 2.44. The van der Waals surface area contributed by atoms with E-state index in [1.807, 2.05) is 26.0 Å². The van der Waals surface area contributed by atoms with Crippen LogP contribution in [-0.4, -0.2) is 26.5 Å². The van der Waals surface area contributed by atoms with Gasteiger partial charge in [0.15, 0.2) is 15.8 Å². The number of hydrogen-bond acceptors (Lipinski definition) is 3. The van der Waals surface area contributed by atoms with Crippen LogP contribution >= 0.6 is 0 Å². The Hall–Kier alpha value is -2.15. The van der Waals surface area contributed by atoms with E-state index >= 15 is 0 Å². The van der Waals surface area contributed by atoms with Crippen molar-refractivity contribution in [3.63, 3.8) is 0 Å². The van der Waals surface area contributed by atoms with Gasteiger partial charge in [-0.25, -0.2) is 8.42 Å². The van der Waals surface area contributed by atoms with Gasteiger partial charge < -0.3 is 11.5 Å². The van der Waals surface area contributed by atoms with E-state index in [1.165, 1.54) is 6.07 Å². The highest BCUT2D eigenvalue weighted by Crippen LogP contribution is 2.24. The zero-order valence-corrected chi connectivity index (χ0v) is 14.5. The summed E-state index contributed by atoms with van der Waals surface area (Å²) in [5.74, 6) is -0.984. The number of benzene rings is 1. The fourth-order valence-electron chi connectivity index (χ4n) is 2.29. The predicted octanol–water partition coefficient (Wildman–Crippen LogP) is 1.57. The van der Waals surface area contributed by atoms with Crippen LogP contribution in [0.3, 0.4) is 0 Å². The Bertz CT molecular complexity index is 746. The zero-order valence-electron chi connectivity index (χ0n) is 13.7. The molecular formula is C16H23N3O3S.